The molecule has 3 N–H and O–H groups in total. The van der Waals surface area contributed by atoms with Gasteiger partial charge in [-0.1, -0.05) is 11.6 Å². The average Bonchev–Trinajstić information content (AvgIpc) is 2.29. The fraction of sp³-hybridized carbons (Fsp3) is 0.417. The average molecular weight is 274 g/mol. The van der Waals surface area contributed by atoms with Crippen LogP contribution in [0.3, 0.4) is 0 Å². The normalized spacial score (nSPS) is 12.3. The molecular formula is C12H16ClNO4. The summed E-state index contributed by atoms with van der Waals surface area (Å²) in [4.78, 5) is 11.0. The minimum absolute atomic E-state index is 0.139. The van der Waals surface area contributed by atoms with E-state index in [1.165, 1.54) is 13.2 Å². The number of carboxylic acids is 1. The molecule has 0 fully saturated rings. The monoisotopic (exact) mass is 273 g/mol. The molecule has 0 aromatic heterocycles. The van der Waals surface area contributed by atoms with Crippen LogP contribution in [0.25, 0.3) is 0 Å². The molecule has 0 aliphatic rings. The van der Waals surface area contributed by atoms with Crippen LogP contribution in [0, 0.1) is 0 Å². The molecule has 18 heavy (non-hydrogen) atoms. The Bertz CT molecular complexity index is 448. The zero-order chi connectivity index (χ0) is 13.9. The fourth-order valence-electron chi connectivity index (χ4n) is 1.47. The van der Waals surface area contributed by atoms with E-state index < -0.39 is 12.0 Å². The van der Waals surface area contributed by atoms with Crippen molar-refractivity contribution in [2.45, 2.75) is 26.0 Å². The van der Waals surface area contributed by atoms with Crippen LogP contribution in [0.1, 0.15) is 25.5 Å². The van der Waals surface area contributed by atoms with Gasteiger partial charge >= 0.3 is 5.97 Å². The summed E-state index contributed by atoms with van der Waals surface area (Å²) in [6.07, 6.45) is -0.139. The topological polar surface area (TPSA) is 81.8 Å². The third kappa shape index (κ3) is 3.27. The van der Waals surface area contributed by atoms with Crippen LogP contribution in [0.5, 0.6) is 11.5 Å². The van der Waals surface area contributed by atoms with Gasteiger partial charge in [0, 0.05) is 16.7 Å². The lowest BCUT2D eigenvalue weighted by atomic mass is 10.1. The molecule has 0 saturated carbocycles. The number of hydrogen-bond donors (Lipinski definition) is 2. The molecule has 100 valence electrons. The number of hydrogen-bond acceptors (Lipinski definition) is 4. The molecule has 6 heteroatoms. The summed E-state index contributed by atoms with van der Waals surface area (Å²) in [6, 6.07) is 1.81. The summed E-state index contributed by atoms with van der Waals surface area (Å²) in [5.41, 5.74) is 5.91. The van der Waals surface area contributed by atoms with Gasteiger partial charge in [0.1, 0.15) is 6.04 Å². The van der Waals surface area contributed by atoms with Crippen LogP contribution in [-0.4, -0.2) is 24.3 Å². The number of benzene rings is 1. The van der Waals surface area contributed by atoms with Gasteiger partial charge in [-0.3, -0.25) is 4.79 Å². The van der Waals surface area contributed by atoms with E-state index in [9.17, 15) is 4.79 Å². The van der Waals surface area contributed by atoms with Crippen LogP contribution >= 0.6 is 11.6 Å². The Morgan fingerprint density at radius 2 is 2.06 bits per heavy atom. The highest BCUT2D eigenvalue weighted by atomic mass is 35.5. The van der Waals surface area contributed by atoms with Crippen molar-refractivity contribution in [2.24, 2.45) is 5.73 Å². The van der Waals surface area contributed by atoms with Crippen molar-refractivity contribution >= 4 is 17.6 Å². The maximum atomic E-state index is 11.0. The van der Waals surface area contributed by atoms with Crippen molar-refractivity contribution in [3.63, 3.8) is 0 Å². The van der Waals surface area contributed by atoms with E-state index >= 15 is 0 Å². The molecule has 0 heterocycles. The second kappa shape index (κ2) is 5.93. The molecule has 1 unspecified atom stereocenters. The Morgan fingerprint density at radius 3 is 2.50 bits per heavy atom. The maximum absolute atomic E-state index is 11.0. The molecule has 1 atom stereocenters. The van der Waals surface area contributed by atoms with Crippen LogP contribution in [0.4, 0.5) is 0 Å². The maximum Gasteiger partial charge on any atom is 0.325 e. The molecule has 5 nitrogen and oxygen atoms in total. The number of nitrogens with two attached hydrogens (primary N) is 1. The van der Waals surface area contributed by atoms with Gasteiger partial charge in [-0.05, 0) is 19.9 Å². The molecule has 0 aliphatic carbocycles. The van der Waals surface area contributed by atoms with Crippen molar-refractivity contribution in [2.75, 3.05) is 7.11 Å². The molecular weight excluding hydrogens is 258 g/mol. The first-order valence-corrected chi connectivity index (χ1v) is 5.77. The van der Waals surface area contributed by atoms with E-state index in [0.29, 0.717) is 22.1 Å². The number of ether oxygens (including phenoxy) is 2. The molecule has 1 rings (SSSR count). The van der Waals surface area contributed by atoms with E-state index in [4.69, 9.17) is 31.9 Å². The number of carbonyl (C=O) groups is 1. The third-order valence-electron chi connectivity index (χ3n) is 2.22. The summed E-state index contributed by atoms with van der Waals surface area (Å²) in [5.74, 6) is -0.484. The number of halogens is 1. The second-order valence-corrected chi connectivity index (χ2v) is 4.45. The SMILES string of the molecule is COc1cc(Cl)cc(C(N)C(=O)O)c1OC(C)C. The van der Waals surface area contributed by atoms with Crippen molar-refractivity contribution in [3.8, 4) is 11.5 Å². The minimum atomic E-state index is -1.22. The standard InChI is InChI=1S/C12H16ClNO4/c1-6(2)18-11-8(10(14)12(15)16)4-7(13)5-9(11)17-3/h4-6,10H,14H2,1-3H3,(H,15,16). The van der Waals surface area contributed by atoms with Gasteiger partial charge in [0.05, 0.1) is 13.2 Å². The van der Waals surface area contributed by atoms with Crippen molar-refractivity contribution in [1.29, 1.82) is 0 Å². The molecule has 1 aromatic rings. The first-order valence-electron chi connectivity index (χ1n) is 5.39. The molecule has 0 saturated heterocycles. The summed E-state index contributed by atoms with van der Waals surface area (Å²) in [6.45, 7) is 3.65. The van der Waals surface area contributed by atoms with E-state index in [1.807, 2.05) is 13.8 Å². The fourth-order valence-corrected chi connectivity index (χ4v) is 1.68. The largest absolute Gasteiger partial charge is 0.493 e. The lowest BCUT2D eigenvalue weighted by Gasteiger charge is -2.19. The van der Waals surface area contributed by atoms with Gasteiger partial charge in [0.15, 0.2) is 11.5 Å². The molecule has 0 radical (unpaired) electrons. The Balaban J connectivity index is 3.36. The third-order valence-corrected chi connectivity index (χ3v) is 2.44. The first kappa shape index (κ1) is 14.6. The molecule has 0 aliphatic heterocycles. The quantitative estimate of drug-likeness (QED) is 0.860. The van der Waals surface area contributed by atoms with Crippen LogP contribution in [0.15, 0.2) is 12.1 Å². The van der Waals surface area contributed by atoms with Crippen LogP contribution in [0.2, 0.25) is 5.02 Å². The first-order chi connectivity index (χ1) is 8.36. The van der Waals surface area contributed by atoms with Crippen molar-refractivity contribution in [3.05, 3.63) is 22.7 Å². The summed E-state index contributed by atoms with van der Waals surface area (Å²) in [5, 5.41) is 9.33. The summed E-state index contributed by atoms with van der Waals surface area (Å²) < 4.78 is 10.7. The highest BCUT2D eigenvalue weighted by Gasteiger charge is 2.23. The van der Waals surface area contributed by atoms with Gasteiger partial charge < -0.3 is 20.3 Å². The predicted octanol–water partition coefficient (Wildman–Crippen LogP) is 2.22. The van der Waals surface area contributed by atoms with E-state index in [-0.39, 0.29) is 6.10 Å². The molecule has 0 spiro atoms. The van der Waals surface area contributed by atoms with Gasteiger partial charge in [-0.15, -0.1) is 0 Å². The van der Waals surface area contributed by atoms with E-state index in [2.05, 4.69) is 0 Å². The van der Waals surface area contributed by atoms with Crippen molar-refractivity contribution < 1.29 is 19.4 Å². The minimum Gasteiger partial charge on any atom is -0.493 e. The lowest BCUT2D eigenvalue weighted by Crippen LogP contribution is -2.22. The Kier molecular flexibility index (Phi) is 4.81. The number of carboxylic acid groups (broad SMARTS) is 1. The second-order valence-electron chi connectivity index (χ2n) is 4.01. The Labute approximate surface area is 110 Å². The van der Waals surface area contributed by atoms with E-state index in [1.54, 1.807) is 6.07 Å². The van der Waals surface area contributed by atoms with E-state index in [0.717, 1.165) is 0 Å². The Morgan fingerprint density at radius 1 is 1.44 bits per heavy atom. The van der Waals surface area contributed by atoms with Gasteiger partial charge in [0.2, 0.25) is 0 Å². The molecule has 1 aromatic carbocycles. The summed E-state index contributed by atoms with van der Waals surface area (Å²) in [7, 11) is 1.45. The number of aliphatic carboxylic acids is 1. The lowest BCUT2D eigenvalue weighted by molar-refractivity contribution is -0.138. The highest BCUT2D eigenvalue weighted by Crippen LogP contribution is 2.38. The summed E-state index contributed by atoms with van der Waals surface area (Å²) >= 11 is 5.90. The van der Waals surface area contributed by atoms with Crippen molar-refractivity contribution in [1.82, 2.24) is 0 Å². The Hall–Kier alpha value is -1.46. The van der Waals surface area contributed by atoms with Gasteiger partial charge in [-0.2, -0.15) is 0 Å². The van der Waals surface area contributed by atoms with Gasteiger partial charge in [-0.25, -0.2) is 0 Å². The zero-order valence-corrected chi connectivity index (χ0v) is 11.2. The van der Waals surface area contributed by atoms with Crippen LogP contribution < -0.4 is 15.2 Å². The van der Waals surface area contributed by atoms with Crippen LogP contribution in [-0.2, 0) is 4.79 Å². The zero-order valence-electron chi connectivity index (χ0n) is 10.4. The number of rotatable bonds is 5. The molecule has 0 bridgehead atoms. The highest BCUT2D eigenvalue weighted by molar-refractivity contribution is 6.30. The smallest absolute Gasteiger partial charge is 0.325 e. The predicted molar refractivity (Wildman–Crippen MR) is 68.3 cm³/mol. The number of methoxy groups -OCH3 is 1. The molecule has 0 amide bonds. The van der Waals surface area contributed by atoms with Gasteiger partial charge in [0.25, 0.3) is 0 Å².